The molecule has 0 fully saturated rings. The van der Waals surface area contributed by atoms with Crippen molar-refractivity contribution in [2.24, 2.45) is 5.73 Å². The number of carbonyl (C=O) groups excluding carboxylic acids is 1. The second kappa shape index (κ2) is 6.70. The van der Waals surface area contributed by atoms with Crippen LogP contribution in [0.4, 0.5) is 10.1 Å². The molecule has 0 aliphatic heterocycles. The Morgan fingerprint density at radius 3 is 2.67 bits per heavy atom. The van der Waals surface area contributed by atoms with Gasteiger partial charge in [-0.1, -0.05) is 0 Å². The average Bonchev–Trinajstić information content (AvgIpc) is 2.31. The molecule has 0 radical (unpaired) electrons. The summed E-state index contributed by atoms with van der Waals surface area (Å²) in [6.07, 6.45) is 1.71. The van der Waals surface area contributed by atoms with Gasteiger partial charge in [-0.05, 0) is 37.6 Å². The molecule has 4 N–H and O–H groups in total. The monoisotopic (exact) mass is 254 g/mol. The number of carboxylic acids is 1. The van der Waals surface area contributed by atoms with Gasteiger partial charge in [0, 0.05) is 12.1 Å². The normalized spacial score (nSPS) is 10.1. The van der Waals surface area contributed by atoms with Gasteiger partial charge in [0.25, 0.3) is 0 Å². The van der Waals surface area contributed by atoms with E-state index in [4.69, 9.17) is 10.8 Å². The lowest BCUT2D eigenvalue weighted by molar-refractivity contribution is -0.116. The van der Waals surface area contributed by atoms with Crippen LogP contribution >= 0.6 is 0 Å². The summed E-state index contributed by atoms with van der Waals surface area (Å²) < 4.78 is 13.1. The van der Waals surface area contributed by atoms with Crippen molar-refractivity contribution >= 4 is 17.6 Å². The molecule has 6 heteroatoms. The Kier molecular flexibility index (Phi) is 5.26. The summed E-state index contributed by atoms with van der Waals surface area (Å²) in [6.45, 7) is 0.521. The van der Waals surface area contributed by atoms with Gasteiger partial charge in [-0.2, -0.15) is 0 Å². The summed E-state index contributed by atoms with van der Waals surface area (Å²) in [5, 5.41) is 11.2. The molecule has 0 saturated carbocycles. The summed E-state index contributed by atoms with van der Waals surface area (Å²) in [7, 11) is 0. The van der Waals surface area contributed by atoms with E-state index in [1.807, 2.05) is 0 Å². The molecular formula is C12H15FN2O3. The van der Waals surface area contributed by atoms with Crippen LogP contribution in [0.2, 0.25) is 0 Å². The average molecular weight is 254 g/mol. The molecule has 18 heavy (non-hydrogen) atoms. The van der Waals surface area contributed by atoms with Gasteiger partial charge in [0.1, 0.15) is 5.82 Å². The molecule has 0 spiro atoms. The number of hydrogen-bond acceptors (Lipinski definition) is 3. The molecule has 1 aromatic rings. The van der Waals surface area contributed by atoms with Crippen LogP contribution in [-0.2, 0) is 4.79 Å². The topological polar surface area (TPSA) is 92.4 Å². The van der Waals surface area contributed by atoms with E-state index in [0.29, 0.717) is 19.4 Å². The molecule has 1 amide bonds. The van der Waals surface area contributed by atoms with Crippen LogP contribution in [0.3, 0.4) is 0 Å². The molecule has 0 aliphatic carbocycles. The van der Waals surface area contributed by atoms with Gasteiger partial charge >= 0.3 is 5.97 Å². The third-order valence-electron chi connectivity index (χ3n) is 2.34. The van der Waals surface area contributed by atoms with Crippen LogP contribution in [0.25, 0.3) is 0 Å². The van der Waals surface area contributed by atoms with E-state index in [1.54, 1.807) is 0 Å². The number of halogens is 1. The van der Waals surface area contributed by atoms with Crippen molar-refractivity contribution in [2.45, 2.75) is 19.3 Å². The van der Waals surface area contributed by atoms with Crippen LogP contribution in [0.1, 0.15) is 29.6 Å². The number of carboxylic acid groups (broad SMARTS) is 1. The predicted octanol–water partition coefficient (Wildman–Crippen LogP) is 1.59. The highest BCUT2D eigenvalue weighted by Gasteiger charge is 2.11. The SMILES string of the molecule is NCCCCC(=O)Nc1ccc(F)c(C(=O)O)c1. The smallest absolute Gasteiger partial charge is 0.338 e. The summed E-state index contributed by atoms with van der Waals surface area (Å²) in [5.41, 5.74) is 5.11. The number of nitrogens with one attached hydrogen (secondary N) is 1. The van der Waals surface area contributed by atoms with Gasteiger partial charge in [0.15, 0.2) is 0 Å². The number of amides is 1. The predicted molar refractivity (Wildman–Crippen MR) is 64.9 cm³/mol. The first-order valence-electron chi connectivity index (χ1n) is 5.57. The Morgan fingerprint density at radius 2 is 2.06 bits per heavy atom. The van der Waals surface area contributed by atoms with E-state index in [9.17, 15) is 14.0 Å². The molecule has 0 bridgehead atoms. The molecule has 0 aromatic heterocycles. The fourth-order valence-corrected chi connectivity index (χ4v) is 1.42. The number of carbonyl (C=O) groups is 2. The number of hydrogen-bond donors (Lipinski definition) is 3. The summed E-state index contributed by atoms with van der Waals surface area (Å²) in [4.78, 5) is 22.2. The number of unbranched alkanes of at least 4 members (excludes halogenated alkanes) is 1. The van der Waals surface area contributed by atoms with E-state index in [0.717, 1.165) is 18.6 Å². The van der Waals surface area contributed by atoms with E-state index >= 15 is 0 Å². The van der Waals surface area contributed by atoms with Gasteiger partial charge in [0.05, 0.1) is 5.56 Å². The summed E-state index contributed by atoms with van der Waals surface area (Å²) in [6, 6.07) is 3.43. The zero-order chi connectivity index (χ0) is 13.5. The molecule has 0 unspecified atom stereocenters. The number of aromatic carboxylic acids is 1. The van der Waals surface area contributed by atoms with Crippen LogP contribution < -0.4 is 11.1 Å². The van der Waals surface area contributed by atoms with Crippen molar-refractivity contribution in [3.8, 4) is 0 Å². The van der Waals surface area contributed by atoms with Crippen LogP contribution in [0.15, 0.2) is 18.2 Å². The minimum Gasteiger partial charge on any atom is -0.478 e. The molecule has 1 rings (SSSR count). The Bertz CT molecular complexity index is 449. The van der Waals surface area contributed by atoms with Crippen LogP contribution in [0, 0.1) is 5.82 Å². The van der Waals surface area contributed by atoms with Crippen molar-refractivity contribution in [1.29, 1.82) is 0 Å². The number of benzene rings is 1. The minimum atomic E-state index is -1.37. The first-order valence-corrected chi connectivity index (χ1v) is 5.57. The zero-order valence-electron chi connectivity index (χ0n) is 9.78. The lowest BCUT2D eigenvalue weighted by atomic mass is 10.1. The van der Waals surface area contributed by atoms with Gasteiger partial charge in [-0.3, -0.25) is 4.79 Å². The maximum atomic E-state index is 13.1. The van der Waals surface area contributed by atoms with E-state index in [2.05, 4.69) is 5.32 Å². The van der Waals surface area contributed by atoms with Gasteiger partial charge < -0.3 is 16.2 Å². The standard InChI is InChI=1S/C12H15FN2O3/c13-10-5-4-8(7-9(10)12(17)18)15-11(16)3-1-2-6-14/h4-5,7H,1-3,6,14H2,(H,15,16)(H,17,18). The maximum Gasteiger partial charge on any atom is 0.338 e. The highest BCUT2D eigenvalue weighted by molar-refractivity contribution is 5.94. The van der Waals surface area contributed by atoms with Gasteiger partial charge in [0.2, 0.25) is 5.91 Å². The molecule has 0 aliphatic rings. The van der Waals surface area contributed by atoms with Crippen molar-refractivity contribution in [2.75, 3.05) is 11.9 Å². The number of nitrogens with two attached hydrogens (primary N) is 1. The molecule has 0 heterocycles. The fourth-order valence-electron chi connectivity index (χ4n) is 1.42. The highest BCUT2D eigenvalue weighted by Crippen LogP contribution is 2.15. The third-order valence-corrected chi connectivity index (χ3v) is 2.34. The van der Waals surface area contributed by atoms with Crippen molar-refractivity contribution in [3.05, 3.63) is 29.6 Å². The highest BCUT2D eigenvalue weighted by atomic mass is 19.1. The molecular weight excluding hydrogens is 239 g/mol. The largest absolute Gasteiger partial charge is 0.478 e. The third kappa shape index (κ3) is 4.14. The van der Waals surface area contributed by atoms with Crippen LogP contribution in [0.5, 0.6) is 0 Å². The Balaban J connectivity index is 2.65. The summed E-state index contributed by atoms with van der Waals surface area (Å²) in [5.74, 6) is -2.44. The molecule has 5 nitrogen and oxygen atoms in total. The second-order valence-electron chi connectivity index (χ2n) is 3.79. The van der Waals surface area contributed by atoms with E-state index in [-0.39, 0.29) is 11.6 Å². The quantitative estimate of drug-likeness (QED) is 0.672. The maximum absolute atomic E-state index is 13.1. The lowest BCUT2D eigenvalue weighted by Crippen LogP contribution is -2.13. The molecule has 1 aromatic carbocycles. The summed E-state index contributed by atoms with van der Waals surface area (Å²) >= 11 is 0. The Morgan fingerprint density at radius 1 is 1.33 bits per heavy atom. The lowest BCUT2D eigenvalue weighted by Gasteiger charge is -2.06. The zero-order valence-corrected chi connectivity index (χ0v) is 9.78. The Hall–Kier alpha value is -1.95. The Labute approximate surface area is 104 Å². The first kappa shape index (κ1) is 14.1. The second-order valence-corrected chi connectivity index (χ2v) is 3.79. The molecule has 98 valence electrons. The van der Waals surface area contributed by atoms with Crippen molar-refractivity contribution < 1.29 is 19.1 Å². The first-order chi connectivity index (χ1) is 8.54. The van der Waals surface area contributed by atoms with Crippen molar-refractivity contribution in [3.63, 3.8) is 0 Å². The van der Waals surface area contributed by atoms with Gasteiger partial charge in [-0.25, -0.2) is 9.18 Å². The fraction of sp³-hybridized carbons (Fsp3) is 0.333. The minimum absolute atomic E-state index is 0.244. The van der Waals surface area contributed by atoms with Crippen molar-refractivity contribution in [1.82, 2.24) is 0 Å². The van der Waals surface area contributed by atoms with E-state index in [1.165, 1.54) is 6.07 Å². The molecule has 0 saturated heterocycles. The van der Waals surface area contributed by atoms with E-state index < -0.39 is 17.3 Å². The molecule has 0 atom stereocenters. The number of rotatable bonds is 6. The van der Waals surface area contributed by atoms with Gasteiger partial charge in [-0.15, -0.1) is 0 Å². The number of anilines is 1. The van der Waals surface area contributed by atoms with Crippen LogP contribution in [-0.4, -0.2) is 23.5 Å².